The number of hydrogen-bond donors (Lipinski definition) is 1. The molecule has 0 bridgehead atoms. The van der Waals surface area contributed by atoms with Crippen LogP contribution < -0.4 is 10.1 Å². The van der Waals surface area contributed by atoms with Crippen LogP contribution in [0.25, 0.3) is 0 Å². The Morgan fingerprint density at radius 2 is 2.09 bits per heavy atom. The maximum atomic E-state index is 13.1. The van der Waals surface area contributed by atoms with E-state index in [1.165, 1.54) is 0 Å². The number of aryl methyl sites for hydroxylation is 1. The predicted octanol–water partition coefficient (Wildman–Crippen LogP) is 2.14. The molecule has 1 aromatic carbocycles. The highest BCUT2D eigenvalue weighted by Gasteiger charge is 2.44. The van der Waals surface area contributed by atoms with Gasteiger partial charge < -0.3 is 15.0 Å². The Kier molecular flexibility index (Phi) is 5.84. The van der Waals surface area contributed by atoms with E-state index in [-0.39, 0.29) is 12.5 Å². The standard InChI is InChI=1S/C19H24N2O2/c1-4-14-21(15-5-2)18(22)19(10-12-20-13-11-19)23-17-8-6-16(3)7-9-17/h1,5-9,20H,2,10-15H2,3H3. The Hall–Kier alpha value is -2.25. The molecule has 23 heavy (non-hydrogen) atoms. The van der Waals surface area contributed by atoms with Crippen LogP contribution in [0.5, 0.6) is 5.75 Å². The van der Waals surface area contributed by atoms with Gasteiger partial charge in [0.15, 0.2) is 5.60 Å². The first-order valence-electron chi connectivity index (χ1n) is 7.91. The summed E-state index contributed by atoms with van der Waals surface area (Å²) < 4.78 is 6.20. The molecule has 0 saturated carbocycles. The van der Waals surface area contributed by atoms with Gasteiger partial charge in [-0.15, -0.1) is 13.0 Å². The number of ether oxygens (including phenoxy) is 1. The van der Waals surface area contributed by atoms with Crippen LogP contribution in [-0.4, -0.2) is 42.6 Å². The fourth-order valence-electron chi connectivity index (χ4n) is 2.80. The summed E-state index contributed by atoms with van der Waals surface area (Å²) in [5, 5.41) is 3.28. The first kappa shape index (κ1) is 17.1. The molecule has 1 N–H and O–H groups in total. The van der Waals surface area contributed by atoms with Crippen LogP contribution in [0.4, 0.5) is 0 Å². The second kappa shape index (κ2) is 7.85. The fourth-order valence-corrected chi connectivity index (χ4v) is 2.80. The zero-order chi connectivity index (χ0) is 16.7. The van der Waals surface area contributed by atoms with Crippen molar-refractivity contribution < 1.29 is 9.53 Å². The predicted molar refractivity (Wildman–Crippen MR) is 92.3 cm³/mol. The Bertz CT molecular complexity index is 580. The van der Waals surface area contributed by atoms with Crippen molar-refractivity contribution in [2.24, 2.45) is 0 Å². The van der Waals surface area contributed by atoms with Crippen molar-refractivity contribution in [2.75, 3.05) is 26.2 Å². The van der Waals surface area contributed by atoms with Gasteiger partial charge in [0.1, 0.15) is 5.75 Å². The van der Waals surface area contributed by atoms with Crippen LogP contribution in [-0.2, 0) is 4.79 Å². The summed E-state index contributed by atoms with van der Waals surface area (Å²) >= 11 is 0. The van der Waals surface area contributed by atoms with E-state index < -0.39 is 5.60 Å². The Balaban J connectivity index is 2.26. The number of carbonyl (C=O) groups excluding carboxylic acids is 1. The van der Waals surface area contributed by atoms with Crippen LogP contribution in [0.1, 0.15) is 18.4 Å². The van der Waals surface area contributed by atoms with Gasteiger partial charge in [0.2, 0.25) is 0 Å². The summed E-state index contributed by atoms with van der Waals surface area (Å²) in [5.74, 6) is 3.20. The molecular weight excluding hydrogens is 288 g/mol. The van der Waals surface area contributed by atoms with Crippen molar-refractivity contribution in [1.29, 1.82) is 0 Å². The minimum atomic E-state index is -0.861. The second-order valence-electron chi connectivity index (χ2n) is 5.84. The molecule has 0 spiro atoms. The lowest BCUT2D eigenvalue weighted by Gasteiger charge is -2.39. The van der Waals surface area contributed by atoms with Gasteiger partial charge in [0, 0.05) is 19.4 Å². The van der Waals surface area contributed by atoms with Gasteiger partial charge in [-0.2, -0.15) is 0 Å². The van der Waals surface area contributed by atoms with Gasteiger partial charge in [0.05, 0.1) is 6.54 Å². The van der Waals surface area contributed by atoms with Crippen LogP contribution in [0.3, 0.4) is 0 Å². The number of nitrogens with one attached hydrogen (secondary N) is 1. The quantitative estimate of drug-likeness (QED) is 0.646. The second-order valence-corrected chi connectivity index (χ2v) is 5.84. The monoisotopic (exact) mass is 312 g/mol. The average molecular weight is 312 g/mol. The minimum absolute atomic E-state index is 0.0579. The maximum absolute atomic E-state index is 13.1. The first-order chi connectivity index (χ1) is 11.1. The molecule has 2 rings (SSSR count). The molecule has 0 unspecified atom stereocenters. The Labute approximate surface area is 138 Å². The van der Waals surface area contributed by atoms with Gasteiger partial charge in [-0.1, -0.05) is 29.7 Å². The molecule has 0 atom stereocenters. The summed E-state index contributed by atoms with van der Waals surface area (Å²) in [6.45, 7) is 7.91. The Morgan fingerprint density at radius 1 is 1.43 bits per heavy atom. The van der Waals surface area contributed by atoms with E-state index in [0.29, 0.717) is 25.1 Å². The number of nitrogens with zero attached hydrogens (tertiary/aromatic N) is 1. The number of benzene rings is 1. The van der Waals surface area contributed by atoms with Crippen molar-refractivity contribution in [3.8, 4) is 18.1 Å². The van der Waals surface area contributed by atoms with E-state index in [0.717, 1.165) is 18.7 Å². The van der Waals surface area contributed by atoms with Gasteiger partial charge in [-0.25, -0.2) is 0 Å². The van der Waals surface area contributed by atoms with E-state index in [2.05, 4.69) is 17.8 Å². The molecule has 0 aliphatic carbocycles. The van der Waals surface area contributed by atoms with Crippen molar-refractivity contribution >= 4 is 5.91 Å². The average Bonchev–Trinajstić information content (AvgIpc) is 2.57. The third kappa shape index (κ3) is 4.14. The molecule has 4 heteroatoms. The lowest BCUT2D eigenvalue weighted by Crippen LogP contribution is -2.57. The minimum Gasteiger partial charge on any atom is -0.477 e. The molecule has 1 amide bonds. The van der Waals surface area contributed by atoms with E-state index in [9.17, 15) is 4.79 Å². The number of hydrogen-bond acceptors (Lipinski definition) is 3. The third-order valence-corrected chi connectivity index (χ3v) is 4.05. The number of rotatable bonds is 6. The highest BCUT2D eigenvalue weighted by atomic mass is 16.5. The number of carbonyl (C=O) groups is 1. The summed E-state index contributed by atoms with van der Waals surface area (Å²) in [5.41, 5.74) is 0.295. The van der Waals surface area contributed by atoms with Gasteiger partial charge in [0.25, 0.3) is 5.91 Å². The molecule has 1 aliphatic rings. The number of terminal acetylenes is 1. The zero-order valence-electron chi connectivity index (χ0n) is 13.7. The molecule has 1 saturated heterocycles. The normalized spacial score (nSPS) is 16.2. The summed E-state index contributed by atoms with van der Waals surface area (Å²) in [7, 11) is 0. The summed E-state index contributed by atoms with van der Waals surface area (Å²) in [4.78, 5) is 14.7. The third-order valence-electron chi connectivity index (χ3n) is 4.05. The fraction of sp³-hybridized carbons (Fsp3) is 0.421. The summed E-state index contributed by atoms with van der Waals surface area (Å²) in [6.07, 6.45) is 8.34. The van der Waals surface area contributed by atoms with Crippen LogP contribution in [0.2, 0.25) is 0 Å². The van der Waals surface area contributed by atoms with Gasteiger partial charge in [-0.3, -0.25) is 4.79 Å². The smallest absolute Gasteiger partial charge is 0.267 e. The van der Waals surface area contributed by atoms with Crippen LogP contribution in [0.15, 0.2) is 36.9 Å². The number of amides is 1. The van der Waals surface area contributed by atoms with E-state index in [1.54, 1.807) is 11.0 Å². The largest absolute Gasteiger partial charge is 0.477 e. The van der Waals surface area contributed by atoms with Crippen LogP contribution in [0, 0.1) is 19.3 Å². The van der Waals surface area contributed by atoms with E-state index >= 15 is 0 Å². The molecular formula is C19H24N2O2. The van der Waals surface area contributed by atoms with E-state index in [1.807, 2.05) is 31.2 Å². The molecule has 0 aromatic heterocycles. The first-order valence-corrected chi connectivity index (χ1v) is 7.91. The van der Waals surface area contributed by atoms with Crippen molar-refractivity contribution in [2.45, 2.75) is 25.4 Å². The van der Waals surface area contributed by atoms with Gasteiger partial charge >= 0.3 is 0 Å². The highest BCUT2D eigenvalue weighted by molar-refractivity contribution is 5.86. The molecule has 122 valence electrons. The maximum Gasteiger partial charge on any atom is 0.267 e. The number of piperidine rings is 1. The SMILES string of the molecule is C#CCN(CC=C)C(=O)C1(Oc2ccc(C)cc2)CCNCC1. The molecule has 1 heterocycles. The molecule has 4 nitrogen and oxygen atoms in total. The van der Waals surface area contributed by atoms with Gasteiger partial charge in [-0.05, 0) is 32.1 Å². The lowest BCUT2D eigenvalue weighted by atomic mass is 9.90. The molecule has 1 aromatic rings. The van der Waals surface area contributed by atoms with Crippen molar-refractivity contribution in [3.05, 3.63) is 42.5 Å². The lowest BCUT2D eigenvalue weighted by molar-refractivity contribution is -0.149. The van der Waals surface area contributed by atoms with Crippen molar-refractivity contribution in [3.63, 3.8) is 0 Å². The topological polar surface area (TPSA) is 41.6 Å². The molecule has 0 radical (unpaired) electrons. The molecule has 1 fully saturated rings. The van der Waals surface area contributed by atoms with Crippen molar-refractivity contribution in [1.82, 2.24) is 10.2 Å². The molecule has 1 aliphatic heterocycles. The van der Waals surface area contributed by atoms with E-state index in [4.69, 9.17) is 11.2 Å². The summed E-state index contributed by atoms with van der Waals surface area (Å²) in [6, 6.07) is 7.78. The Morgan fingerprint density at radius 3 is 2.65 bits per heavy atom. The zero-order valence-corrected chi connectivity index (χ0v) is 13.7. The van der Waals surface area contributed by atoms with Crippen LogP contribution >= 0.6 is 0 Å². The highest BCUT2D eigenvalue weighted by Crippen LogP contribution is 2.29.